The van der Waals surface area contributed by atoms with Gasteiger partial charge in [0, 0.05) is 6.42 Å². The zero-order chi connectivity index (χ0) is 16.8. The zero-order valence-electron chi connectivity index (χ0n) is 13.5. The van der Waals surface area contributed by atoms with Crippen molar-refractivity contribution in [2.45, 2.75) is 33.7 Å². The Balaban J connectivity index is 2.27. The average molecular weight is 316 g/mol. The van der Waals surface area contributed by atoms with Crippen LogP contribution in [0.4, 0.5) is 0 Å². The SMILES string of the molecule is CCOC(=O)Cn1nc(CC)n(N=Cc2ccc(C)cc2)c1=O. The molecule has 1 heterocycles. The molecule has 7 heteroatoms. The molecule has 7 nitrogen and oxygen atoms in total. The number of hydrogen-bond acceptors (Lipinski definition) is 5. The number of nitrogens with zero attached hydrogens (tertiary/aromatic N) is 4. The Kier molecular flexibility index (Phi) is 5.46. The monoisotopic (exact) mass is 316 g/mol. The van der Waals surface area contributed by atoms with Crippen molar-refractivity contribution in [1.82, 2.24) is 14.5 Å². The molecule has 2 rings (SSSR count). The second kappa shape index (κ2) is 7.53. The number of esters is 1. The standard InChI is InChI=1S/C16H20N4O3/c1-4-14-18-19(11-15(21)23-5-2)16(22)20(14)17-10-13-8-6-12(3)7-9-13/h6-10H,4-5,11H2,1-3H3. The molecule has 0 fully saturated rings. The van der Waals surface area contributed by atoms with Gasteiger partial charge in [0.25, 0.3) is 0 Å². The maximum absolute atomic E-state index is 12.3. The van der Waals surface area contributed by atoms with E-state index in [1.54, 1.807) is 13.1 Å². The minimum Gasteiger partial charge on any atom is -0.465 e. The van der Waals surface area contributed by atoms with E-state index >= 15 is 0 Å². The van der Waals surface area contributed by atoms with Crippen LogP contribution in [0.5, 0.6) is 0 Å². The predicted molar refractivity (Wildman–Crippen MR) is 86.7 cm³/mol. The van der Waals surface area contributed by atoms with E-state index in [-0.39, 0.29) is 13.2 Å². The molecule has 0 atom stereocenters. The van der Waals surface area contributed by atoms with Crippen molar-refractivity contribution in [3.05, 3.63) is 51.7 Å². The molecule has 23 heavy (non-hydrogen) atoms. The Morgan fingerprint density at radius 3 is 2.61 bits per heavy atom. The molecule has 2 aromatic rings. The maximum Gasteiger partial charge on any atom is 0.367 e. The van der Waals surface area contributed by atoms with Crippen LogP contribution < -0.4 is 5.69 Å². The van der Waals surface area contributed by atoms with Crippen LogP contribution in [0.15, 0.2) is 34.2 Å². The summed E-state index contributed by atoms with van der Waals surface area (Å²) >= 11 is 0. The lowest BCUT2D eigenvalue weighted by Crippen LogP contribution is -2.27. The Labute approximate surface area is 134 Å². The quantitative estimate of drug-likeness (QED) is 0.595. The van der Waals surface area contributed by atoms with Crippen molar-refractivity contribution in [2.24, 2.45) is 5.10 Å². The van der Waals surface area contributed by atoms with Crippen molar-refractivity contribution in [1.29, 1.82) is 0 Å². The molecule has 0 saturated carbocycles. The molecule has 0 saturated heterocycles. The fourth-order valence-corrected chi connectivity index (χ4v) is 1.99. The molecular weight excluding hydrogens is 296 g/mol. The van der Waals surface area contributed by atoms with E-state index in [0.717, 1.165) is 15.8 Å². The molecule has 0 N–H and O–H groups in total. The van der Waals surface area contributed by atoms with Gasteiger partial charge in [-0.1, -0.05) is 36.8 Å². The van der Waals surface area contributed by atoms with Gasteiger partial charge in [-0.3, -0.25) is 4.79 Å². The van der Waals surface area contributed by atoms with Crippen LogP contribution in [0.3, 0.4) is 0 Å². The largest absolute Gasteiger partial charge is 0.465 e. The van der Waals surface area contributed by atoms with Crippen molar-refractivity contribution in [3.63, 3.8) is 0 Å². The smallest absolute Gasteiger partial charge is 0.367 e. The van der Waals surface area contributed by atoms with Crippen LogP contribution in [0.2, 0.25) is 0 Å². The van der Waals surface area contributed by atoms with Crippen LogP contribution in [0, 0.1) is 6.92 Å². The summed E-state index contributed by atoms with van der Waals surface area (Å²) in [5, 5.41) is 8.32. The summed E-state index contributed by atoms with van der Waals surface area (Å²) < 4.78 is 7.12. The summed E-state index contributed by atoms with van der Waals surface area (Å²) in [6.45, 7) is 5.63. The van der Waals surface area contributed by atoms with Crippen molar-refractivity contribution >= 4 is 12.2 Å². The normalized spacial score (nSPS) is 11.1. The van der Waals surface area contributed by atoms with Gasteiger partial charge >= 0.3 is 11.7 Å². The van der Waals surface area contributed by atoms with Crippen molar-refractivity contribution in [3.8, 4) is 0 Å². The van der Waals surface area contributed by atoms with E-state index in [9.17, 15) is 9.59 Å². The first-order valence-electron chi connectivity index (χ1n) is 7.50. The molecule has 0 aliphatic carbocycles. The van der Waals surface area contributed by atoms with Gasteiger partial charge in [0.2, 0.25) is 0 Å². The number of carbonyl (C=O) groups excluding carboxylic acids is 1. The van der Waals surface area contributed by atoms with Crippen molar-refractivity contribution < 1.29 is 9.53 Å². The summed E-state index contributed by atoms with van der Waals surface area (Å²) in [4.78, 5) is 23.8. The highest BCUT2D eigenvalue weighted by molar-refractivity contribution is 5.79. The molecule has 0 bridgehead atoms. The molecule has 122 valence electrons. The molecule has 0 amide bonds. The molecule has 0 unspecified atom stereocenters. The number of rotatable bonds is 6. The van der Waals surface area contributed by atoms with Crippen LogP contribution in [-0.2, 0) is 22.5 Å². The van der Waals surface area contributed by atoms with Crippen LogP contribution in [0.1, 0.15) is 30.8 Å². The third kappa shape index (κ3) is 4.15. The van der Waals surface area contributed by atoms with E-state index in [1.807, 2.05) is 38.1 Å². The molecule has 1 aromatic heterocycles. The number of ether oxygens (including phenoxy) is 1. The van der Waals surface area contributed by atoms with Gasteiger partial charge in [-0.25, -0.2) is 9.48 Å². The zero-order valence-corrected chi connectivity index (χ0v) is 13.5. The van der Waals surface area contributed by atoms with E-state index in [2.05, 4.69) is 10.2 Å². The Bertz CT molecular complexity index is 757. The lowest BCUT2D eigenvalue weighted by atomic mass is 10.2. The highest BCUT2D eigenvalue weighted by Crippen LogP contribution is 2.01. The first-order valence-corrected chi connectivity index (χ1v) is 7.50. The topological polar surface area (TPSA) is 78.5 Å². The Hall–Kier alpha value is -2.70. The van der Waals surface area contributed by atoms with Crippen LogP contribution in [0.25, 0.3) is 0 Å². The van der Waals surface area contributed by atoms with E-state index in [4.69, 9.17) is 4.74 Å². The summed E-state index contributed by atoms with van der Waals surface area (Å²) in [6, 6.07) is 7.77. The number of hydrogen-bond donors (Lipinski definition) is 0. The molecule has 0 aliphatic rings. The van der Waals surface area contributed by atoms with Crippen molar-refractivity contribution in [2.75, 3.05) is 6.61 Å². The fourth-order valence-electron chi connectivity index (χ4n) is 1.99. The average Bonchev–Trinajstić information content (AvgIpc) is 2.83. The molecule has 0 aliphatic heterocycles. The molecule has 0 spiro atoms. The minimum atomic E-state index is -0.496. The number of aryl methyl sites for hydroxylation is 2. The Morgan fingerprint density at radius 2 is 2.00 bits per heavy atom. The minimum absolute atomic E-state index is 0.216. The van der Waals surface area contributed by atoms with E-state index in [0.29, 0.717) is 12.2 Å². The van der Waals surface area contributed by atoms with Gasteiger partial charge < -0.3 is 4.74 Å². The first kappa shape index (κ1) is 16.7. The third-order valence-electron chi connectivity index (χ3n) is 3.18. The van der Waals surface area contributed by atoms with Gasteiger partial charge in [0.05, 0.1) is 12.8 Å². The Morgan fingerprint density at radius 1 is 1.30 bits per heavy atom. The highest BCUT2D eigenvalue weighted by Gasteiger charge is 2.14. The number of benzene rings is 1. The number of carbonyl (C=O) groups is 1. The van der Waals surface area contributed by atoms with Crippen LogP contribution >= 0.6 is 0 Å². The van der Waals surface area contributed by atoms with E-state index in [1.165, 1.54) is 4.68 Å². The second-order valence-corrected chi connectivity index (χ2v) is 4.98. The molecular formula is C16H20N4O3. The van der Waals surface area contributed by atoms with Gasteiger partial charge in [-0.15, -0.1) is 0 Å². The third-order valence-corrected chi connectivity index (χ3v) is 3.18. The van der Waals surface area contributed by atoms with Crippen LogP contribution in [-0.4, -0.2) is 33.2 Å². The van der Waals surface area contributed by atoms with E-state index < -0.39 is 11.7 Å². The summed E-state index contributed by atoms with van der Waals surface area (Å²) in [7, 11) is 0. The number of aromatic nitrogens is 3. The molecule has 0 radical (unpaired) electrons. The fraction of sp³-hybridized carbons (Fsp3) is 0.375. The first-order chi connectivity index (χ1) is 11.0. The van der Waals surface area contributed by atoms with Gasteiger partial charge in [0.1, 0.15) is 6.54 Å². The maximum atomic E-state index is 12.3. The summed E-state index contributed by atoms with van der Waals surface area (Å²) in [5.74, 6) is -0.00734. The lowest BCUT2D eigenvalue weighted by Gasteiger charge is -1.99. The summed E-state index contributed by atoms with van der Waals surface area (Å²) in [6.07, 6.45) is 2.12. The second-order valence-electron chi connectivity index (χ2n) is 4.98. The summed E-state index contributed by atoms with van der Waals surface area (Å²) in [5.41, 5.74) is 1.57. The highest BCUT2D eigenvalue weighted by atomic mass is 16.5. The molecule has 1 aromatic carbocycles. The van der Waals surface area contributed by atoms with Gasteiger partial charge in [-0.2, -0.15) is 14.9 Å². The van der Waals surface area contributed by atoms with Gasteiger partial charge in [-0.05, 0) is 19.4 Å². The van der Waals surface area contributed by atoms with Gasteiger partial charge in [0.15, 0.2) is 5.82 Å². The lowest BCUT2D eigenvalue weighted by molar-refractivity contribution is -0.144. The predicted octanol–water partition coefficient (Wildman–Crippen LogP) is 1.36.